The van der Waals surface area contributed by atoms with Gasteiger partial charge >= 0.3 is 5.97 Å². The van der Waals surface area contributed by atoms with Crippen molar-refractivity contribution in [2.75, 3.05) is 12.3 Å². The predicted molar refractivity (Wildman–Crippen MR) is 49.5 cm³/mol. The van der Waals surface area contributed by atoms with Crippen molar-refractivity contribution in [3.05, 3.63) is 10.4 Å². The highest BCUT2D eigenvalue weighted by Gasteiger charge is 2.22. The second-order valence-corrected chi connectivity index (χ2v) is 2.76. The number of carboxylic acids is 1. The van der Waals surface area contributed by atoms with Crippen LogP contribution in [-0.2, 0) is 4.79 Å². The summed E-state index contributed by atoms with van der Waals surface area (Å²) in [5.41, 5.74) is 4.21. The average Bonchev–Trinajstić information content (AvgIpc) is 2.16. The van der Waals surface area contributed by atoms with Crippen LogP contribution in [-0.4, -0.2) is 33.4 Å². The molecular formula is C7H6N4O4. The quantitative estimate of drug-likeness (QED) is 0.539. The number of nitrogens with two attached hydrogens (primary N) is 1. The minimum atomic E-state index is -1.24. The number of H-pyrrole nitrogens is 1. The fourth-order valence-electron chi connectivity index (χ4n) is 1.08. The summed E-state index contributed by atoms with van der Waals surface area (Å²) in [7, 11) is 0. The lowest BCUT2D eigenvalue weighted by Gasteiger charge is -2.12. The molecule has 0 radical (unpaired) electrons. The molecule has 4 N–H and O–H groups in total. The Morgan fingerprint density at radius 3 is 3.00 bits per heavy atom. The van der Waals surface area contributed by atoms with Crippen LogP contribution in [0.3, 0.4) is 0 Å². The van der Waals surface area contributed by atoms with Crippen molar-refractivity contribution in [2.45, 2.75) is 0 Å². The number of aromatic nitrogens is 2. The first-order valence-corrected chi connectivity index (χ1v) is 3.91. The molecule has 1 aromatic heterocycles. The van der Waals surface area contributed by atoms with Crippen LogP contribution in [0, 0.1) is 0 Å². The van der Waals surface area contributed by atoms with Crippen molar-refractivity contribution >= 4 is 23.3 Å². The molecule has 78 valence electrons. The molecule has 8 nitrogen and oxygen atoms in total. The Hall–Kier alpha value is -2.38. The van der Waals surface area contributed by atoms with Gasteiger partial charge in [0.25, 0.3) is 5.56 Å². The average molecular weight is 210 g/mol. The van der Waals surface area contributed by atoms with Crippen LogP contribution in [0.2, 0.25) is 0 Å². The lowest BCUT2D eigenvalue weighted by atomic mass is 10.3. The Balaban J connectivity index is 2.60. The zero-order valence-corrected chi connectivity index (χ0v) is 7.35. The largest absolute Gasteiger partial charge is 0.477 e. The molecule has 0 aliphatic carbocycles. The number of aliphatic imine (C=N–C) groups is 1. The lowest BCUT2D eigenvalue weighted by Crippen LogP contribution is -2.26. The molecule has 0 fully saturated rings. The number of nitrogen functional groups attached to an aromatic ring is 1. The number of nitrogens with one attached hydrogen (secondary N) is 1. The third-order valence-corrected chi connectivity index (χ3v) is 1.72. The van der Waals surface area contributed by atoms with E-state index >= 15 is 0 Å². The Kier molecular flexibility index (Phi) is 1.89. The van der Waals surface area contributed by atoms with Crippen LogP contribution in [0.1, 0.15) is 0 Å². The summed E-state index contributed by atoms with van der Waals surface area (Å²) in [5.74, 6) is -1.40. The van der Waals surface area contributed by atoms with Gasteiger partial charge in [-0.05, 0) is 0 Å². The number of anilines is 1. The van der Waals surface area contributed by atoms with E-state index in [9.17, 15) is 9.59 Å². The summed E-state index contributed by atoms with van der Waals surface area (Å²) in [6, 6.07) is 0. The fraction of sp³-hybridized carbons (Fsp3) is 0.143. The smallest absolute Gasteiger partial charge is 0.353 e. The van der Waals surface area contributed by atoms with Gasteiger partial charge in [-0.15, -0.1) is 0 Å². The van der Waals surface area contributed by atoms with Crippen molar-refractivity contribution in [3.63, 3.8) is 0 Å². The molecule has 1 aromatic rings. The van der Waals surface area contributed by atoms with Gasteiger partial charge in [0.2, 0.25) is 11.8 Å². The van der Waals surface area contributed by atoms with Crippen LogP contribution >= 0.6 is 0 Å². The van der Waals surface area contributed by atoms with Crippen LogP contribution in [0.25, 0.3) is 0 Å². The zero-order valence-electron chi connectivity index (χ0n) is 7.35. The second kappa shape index (κ2) is 3.08. The third-order valence-electron chi connectivity index (χ3n) is 1.72. The summed E-state index contributed by atoms with van der Waals surface area (Å²) >= 11 is 0. The van der Waals surface area contributed by atoms with Crippen LogP contribution in [0.15, 0.2) is 9.79 Å². The predicted octanol–water partition coefficient (Wildman–Crippen LogP) is -1.10. The molecule has 0 saturated heterocycles. The molecule has 0 atom stereocenters. The normalized spacial score (nSPS) is 13.7. The molecule has 2 rings (SSSR count). The topological polar surface area (TPSA) is 131 Å². The summed E-state index contributed by atoms with van der Waals surface area (Å²) in [6.45, 7) is -0.238. The highest BCUT2D eigenvalue weighted by atomic mass is 16.5. The van der Waals surface area contributed by atoms with Crippen molar-refractivity contribution in [2.24, 2.45) is 4.99 Å². The van der Waals surface area contributed by atoms with Gasteiger partial charge in [0.15, 0.2) is 11.4 Å². The maximum Gasteiger partial charge on any atom is 0.353 e. The highest BCUT2D eigenvalue weighted by molar-refractivity contribution is 6.37. The SMILES string of the molecule is Nc1nc2c(c(=O)[nH]1)N=C(C(=O)O)CO2. The third kappa shape index (κ3) is 1.52. The number of carboxylic acid groups (broad SMARTS) is 1. The van der Waals surface area contributed by atoms with Crippen LogP contribution in [0.5, 0.6) is 5.88 Å². The zero-order chi connectivity index (χ0) is 11.0. The van der Waals surface area contributed by atoms with E-state index < -0.39 is 11.5 Å². The Morgan fingerprint density at radius 1 is 1.60 bits per heavy atom. The van der Waals surface area contributed by atoms with Gasteiger partial charge in [-0.1, -0.05) is 0 Å². The number of hydrogen-bond acceptors (Lipinski definition) is 6. The molecule has 0 spiro atoms. The first-order valence-electron chi connectivity index (χ1n) is 3.91. The van der Waals surface area contributed by atoms with Crippen molar-refractivity contribution in [1.82, 2.24) is 9.97 Å². The number of rotatable bonds is 1. The molecule has 0 bridgehead atoms. The van der Waals surface area contributed by atoms with Gasteiger partial charge < -0.3 is 15.6 Å². The first kappa shape index (κ1) is 9.19. The van der Waals surface area contributed by atoms with E-state index in [1.165, 1.54) is 0 Å². The number of aliphatic carboxylic acids is 1. The van der Waals surface area contributed by atoms with E-state index in [-0.39, 0.29) is 29.8 Å². The van der Waals surface area contributed by atoms with E-state index in [4.69, 9.17) is 15.6 Å². The number of carbonyl (C=O) groups is 1. The van der Waals surface area contributed by atoms with Gasteiger partial charge in [0.05, 0.1) is 0 Å². The standard InChI is InChI=1S/C7H6N4O4/c8-7-10-4(12)3-5(11-7)15-1-2(9-3)6(13)14/h1H2,(H,13,14)(H3,8,10,11,12). The molecule has 0 saturated carbocycles. The monoisotopic (exact) mass is 210 g/mol. The highest BCUT2D eigenvalue weighted by Crippen LogP contribution is 2.23. The number of ether oxygens (including phenoxy) is 1. The van der Waals surface area contributed by atoms with E-state index in [1.54, 1.807) is 0 Å². The van der Waals surface area contributed by atoms with Crippen molar-refractivity contribution in [3.8, 4) is 5.88 Å². The van der Waals surface area contributed by atoms with Gasteiger partial charge in [-0.2, -0.15) is 4.98 Å². The maximum atomic E-state index is 11.3. The minimum absolute atomic E-state index is 0.0544. The van der Waals surface area contributed by atoms with Crippen molar-refractivity contribution < 1.29 is 14.6 Å². The molecule has 1 aliphatic rings. The number of fused-ring (bicyclic) bond motifs is 1. The Morgan fingerprint density at radius 2 is 2.33 bits per heavy atom. The minimum Gasteiger partial charge on any atom is -0.477 e. The number of nitrogens with zero attached hydrogens (tertiary/aromatic N) is 2. The summed E-state index contributed by atoms with van der Waals surface area (Å²) < 4.78 is 4.94. The molecule has 15 heavy (non-hydrogen) atoms. The maximum absolute atomic E-state index is 11.3. The van der Waals surface area contributed by atoms with Crippen LogP contribution in [0.4, 0.5) is 11.6 Å². The van der Waals surface area contributed by atoms with Crippen LogP contribution < -0.4 is 16.0 Å². The van der Waals surface area contributed by atoms with E-state index in [2.05, 4.69) is 15.0 Å². The molecule has 8 heteroatoms. The fourth-order valence-corrected chi connectivity index (χ4v) is 1.08. The molecule has 0 amide bonds. The molecule has 0 aromatic carbocycles. The van der Waals surface area contributed by atoms with Gasteiger partial charge in [-0.25, -0.2) is 9.79 Å². The second-order valence-electron chi connectivity index (χ2n) is 2.76. The molecule has 1 aliphatic heterocycles. The van der Waals surface area contributed by atoms with Gasteiger partial charge in [0, 0.05) is 0 Å². The van der Waals surface area contributed by atoms with E-state index in [0.717, 1.165) is 0 Å². The van der Waals surface area contributed by atoms with Gasteiger partial charge in [-0.3, -0.25) is 9.78 Å². The Bertz CT molecular complexity index is 518. The lowest BCUT2D eigenvalue weighted by molar-refractivity contribution is -0.129. The summed E-state index contributed by atoms with van der Waals surface area (Å²) in [6.07, 6.45) is 0. The molecular weight excluding hydrogens is 204 g/mol. The number of aromatic amines is 1. The van der Waals surface area contributed by atoms with E-state index in [1.807, 2.05) is 0 Å². The molecule has 0 unspecified atom stereocenters. The first-order chi connectivity index (χ1) is 7.08. The summed E-state index contributed by atoms with van der Waals surface area (Å²) in [4.78, 5) is 31.3. The Labute approximate surface area is 82.4 Å². The summed E-state index contributed by atoms with van der Waals surface area (Å²) in [5, 5.41) is 8.64. The van der Waals surface area contributed by atoms with Gasteiger partial charge in [0.1, 0.15) is 6.61 Å². The van der Waals surface area contributed by atoms with Crippen molar-refractivity contribution in [1.29, 1.82) is 0 Å². The number of hydrogen-bond donors (Lipinski definition) is 3. The molecule has 2 heterocycles. The van der Waals surface area contributed by atoms with E-state index in [0.29, 0.717) is 0 Å².